The molecule has 0 radical (unpaired) electrons. The predicted octanol–water partition coefficient (Wildman–Crippen LogP) is 3.63. The highest BCUT2D eigenvalue weighted by molar-refractivity contribution is 6.30. The van der Waals surface area contributed by atoms with Gasteiger partial charge in [-0.15, -0.1) is 0 Å². The van der Waals surface area contributed by atoms with Crippen LogP contribution in [0.5, 0.6) is 0 Å². The molecule has 6 heteroatoms. The van der Waals surface area contributed by atoms with Crippen molar-refractivity contribution in [3.8, 4) is 0 Å². The molecule has 2 amide bonds. The molecule has 29 heavy (non-hydrogen) atoms. The van der Waals surface area contributed by atoms with Gasteiger partial charge in [-0.2, -0.15) is 0 Å². The van der Waals surface area contributed by atoms with Crippen LogP contribution in [-0.4, -0.2) is 52.8 Å². The van der Waals surface area contributed by atoms with Gasteiger partial charge in [0.05, 0.1) is 12.1 Å². The van der Waals surface area contributed by atoms with E-state index in [4.69, 9.17) is 17.3 Å². The highest BCUT2D eigenvalue weighted by Gasteiger charge is 2.38. The Hall–Kier alpha value is -1.59. The number of carbonyl (C=O) groups is 2. The van der Waals surface area contributed by atoms with E-state index in [1.807, 2.05) is 43.0 Å². The molecular formula is C23H34ClN3O2. The Morgan fingerprint density at radius 1 is 1.10 bits per heavy atom. The van der Waals surface area contributed by atoms with Crippen molar-refractivity contribution in [3.05, 3.63) is 34.9 Å². The van der Waals surface area contributed by atoms with Crippen molar-refractivity contribution in [2.45, 2.75) is 76.9 Å². The van der Waals surface area contributed by atoms with Gasteiger partial charge in [0.15, 0.2) is 0 Å². The summed E-state index contributed by atoms with van der Waals surface area (Å²) >= 11 is 5.93. The molecule has 1 saturated heterocycles. The predicted molar refractivity (Wildman–Crippen MR) is 117 cm³/mol. The average Bonchev–Trinajstić information content (AvgIpc) is 3.19. The molecule has 2 aliphatic rings. The third-order valence-electron chi connectivity index (χ3n) is 6.27. The summed E-state index contributed by atoms with van der Waals surface area (Å²) in [6.45, 7) is 5.21. The minimum atomic E-state index is -0.571. The van der Waals surface area contributed by atoms with Crippen LogP contribution in [0.1, 0.15) is 57.9 Å². The fourth-order valence-corrected chi connectivity index (χ4v) is 4.81. The summed E-state index contributed by atoms with van der Waals surface area (Å²) in [6, 6.07) is 7.32. The molecule has 0 aromatic heterocycles. The standard InChI is InChI=1S/C23H34ClN3O2/c1-16(2)22(28)27(19-6-4-3-5-7-19)20-12-13-26(15-20)23(29)21(25)14-17-8-10-18(24)11-9-17/h8-11,16,19-21H,3-7,12-15,25H2,1-2H3. The first-order valence-electron chi connectivity index (χ1n) is 11.0. The number of benzene rings is 1. The third kappa shape index (κ3) is 5.52. The van der Waals surface area contributed by atoms with Gasteiger partial charge < -0.3 is 15.5 Å². The van der Waals surface area contributed by atoms with Crippen LogP contribution in [0.4, 0.5) is 0 Å². The fourth-order valence-electron chi connectivity index (χ4n) is 4.68. The van der Waals surface area contributed by atoms with E-state index in [1.165, 1.54) is 19.3 Å². The Bertz CT molecular complexity index is 701. The number of nitrogens with zero attached hydrogens (tertiary/aromatic N) is 2. The van der Waals surface area contributed by atoms with E-state index >= 15 is 0 Å². The summed E-state index contributed by atoms with van der Waals surface area (Å²) in [5.74, 6) is 0.179. The van der Waals surface area contributed by atoms with Gasteiger partial charge in [0.1, 0.15) is 0 Å². The van der Waals surface area contributed by atoms with Crippen LogP contribution in [-0.2, 0) is 16.0 Å². The Morgan fingerprint density at radius 3 is 2.38 bits per heavy atom. The molecule has 1 aromatic carbocycles. The molecule has 2 N–H and O–H groups in total. The zero-order valence-electron chi connectivity index (χ0n) is 17.6. The van der Waals surface area contributed by atoms with Crippen LogP contribution in [0, 0.1) is 5.92 Å². The summed E-state index contributed by atoms with van der Waals surface area (Å²) in [6.07, 6.45) is 7.14. The van der Waals surface area contributed by atoms with Crippen LogP contribution in [0.15, 0.2) is 24.3 Å². The Balaban J connectivity index is 1.63. The van der Waals surface area contributed by atoms with E-state index in [0.29, 0.717) is 30.6 Å². The molecule has 1 saturated carbocycles. The van der Waals surface area contributed by atoms with E-state index in [9.17, 15) is 9.59 Å². The number of nitrogens with two attached hydrogens (primary N) is 1. The first kappa shape index (κ1) is 22.1. The zero-order chi connectivity index (χ0) is 21.0. The lowest BCUT2D eigenvalue weighted by molar-refractivity contribution is -0.141. The third-order valence-corrected chi connectivity index (χ3v) is 6.52. The van der Waals surface area contributed by atoms with E-state index in [2.05, 4.69) is 4.90 Å². The average molecular weight is 420 g/mol. The lowest BCUT2D eigenvalue weighted by Crippen LogP contribution is -2.51. The molecule has 1 aliphatic carbocycles. The van der Waals surface area contributed by atoms with Crippen molar-refractivity contribution in [3.63, 3.8) is 0 Å². The Morgan fingerprint density at radius 2 is 1.76 bits per heavy atom. The molecule has 5 nitrogen and oxygen atoms in total. The van der Waals surface area contributed by atoms with E-state index in [1.54, 1.807) is 0 Å². The maximum absolute atomic E-state index is 13.0. The van der Waals surface area contributed by atoms with Gasteiger partial charge in [-0.3, -0.25) is 9.59 Å². The molecule has 2 fully saturated rings. The number of hydrogen-bond acceptors (Lipinski definition) is 3. The molecule has 0 bridgehead atoms. The van der Waals surface area contributed by atoms with Crippen molar-refractivity contribution in [1.82, 2.24) is 9.80 Å². The Kier molecular flexibility index (Phi) is 7.58. The SMILES string of the molecule is CC(C)C(=O)N(C1CCCCC1)C1CCN(C(=O)C(N)Cc2ccc(Cl)cc2)C1. The number of likely N-dealkylation sites (tertiary alicyclic amines) is 1. The summed E-state index contributed by atoms with van der Waals surface area (Å²) < 4.78 is 0. The van der Waals surface area contributed by atoms with Crippen molar-refractivity contribution in [2.24, 2.45) is 11.7 Å². The highest BCUT2D eigenvalue weighted by atomic mass is 35.5. The molecule has 1 aromatic rings. The van der Waals surface area contributed by atoms with Crippen LogP contribution >= 0.6 is 11.6 Å². The van der Waals surface area contributed by atoms with E-state index in [0.717, 1.165) is 24.8 Å². The monoisotopic (exact) mass is 419 g/mol. The maximum atomic E-state index is 13.0. The summed E-state index contributed by atoms with van der Waals surface area (Å²) in [5, 5.41) is 0.675. The van der Waals surface area contributed by atoms with E-state index < -0.39 is 6.04 Å². The van der Waals surface area contributed by atoms with Crippen LogP contribution < -0.4 is 5.73 Å². The second-order valence-electron chi connectivity index (χ2n) is 8.86. The minimum Gasteiger partial charge on any atom is -0.339 e. The lowest BCUT2D eigenvalue weighted by Gasteiger charge is -2.39. The first-order chi connectivity index (χ1) is 13.9. The largest absolute Gasteiger partial charge is 0.339 e. The van der Waals surface area contributed by atoms with Gasteiger partial charge in [0.2, 0.25) is 11.8 Å². The highest BCUT2D eigenvalue weighted by Crippen LogP contribution is 2.29. The second kappa shape index (κ2) is 9.94. The first-order valence-corrected chi connectivity index (χ1v) is 11.4. The number of hydrogen-bond donors (Lipinski definition) is 1. The van der Waals surface area contributed by atoms with Gasteiger partial charge >= 0.3 is 0 Å². The van der Waals surface area contributed by atoms with E-state index in [-0.39, 0.29) is 23.8 Å². The zero-order valence-corrected chi connectivity index (χ0v) is 18.4. The van der Waals surface area contributed by atoms with Gasteiger partial charge in [0.25, 0.3) is 0 Å². The van der Waals surface area contributed by atoms with Crippen molar-refractivity contribution < 1.29 is 9.59 Å². The molecule has 1 aliphatic heterocycles. The van der Waals surface area contributed by atoms with Crippen LogP contribution in [0.3, 0.4) is 0 Å². The summed E-state index contributed by atoms with van der Waals surface area (Å²) in [5.41, 5.74) is 7.24. The molecule has 3 rings (SSSR count). The molecule has 160 valence electrons. The van der Waals surface area contributed by atoms with Crippen LogP contribution in [0.2, 0.25) is 5.02 Å². The molecule has 0 spiro atoms. The number of halogens is 1. The molecular weight excluding hydrogens is 386 g/mol. The van der Waals surface area contributed by atoms with Gasteiger partial charge in [0, 0.05) is 30.1 Å². The molecule has 2 atom stereocenters. The minimum absolute atomic E-state index is 0.0196. The van der Waals surface area contributed by atoms with Gasteiger partial charge in [-0.05, 0) is 43.4 Å². The van der Waals surface area contributed by atoms with Crippen molar-refractivity contribution in [1.29, 1.82) is 0 Å². The van der Waals surface area contributed by atoms with Crippen molar-refractivity contribution >= 4 is 23.4 Å². The molecule has 1 heterocycles. The van der Waals surface area contributed by atoms with Crippen molar-refractivity contribution in [2.75, 3.05) is 13.1 Å². The Labute approximate surface area is 179 Å². The number of carbonyl (C=O) groups excluding carboxylic acids is 2. The number of amides is 2. The normalized spacial score (nSPS) is 21.4. The fraction of sp³-hybridized carbons (Fsp3) is 0.652. The van der Waals surface area contributed by atoms with Gasteiger partial charge in [-0.25, -0.2) is 0 Å². The van der Waals surface area contributed by atoms with Gasteiger partial charge in [-0.1, -0.05) is 56.8 Å². The maximum Gasteiger partial charge on any atom is 0.239 e. The topological polar surface area (TPSA) is 66.6 Å². The quantitative estimate of drug-likeness (QED) is 0.765. The van der Waals surface area contributed by atoms with Crippen LogP contribution in [0.25, 0.3) is 0 Å². The molecule has 2 unspecified atom stereocenters. The lowest BCUT2D eigenvalue weighted by atomic mass is 9.92. The number of rotatable bonds is 6. The summed E-state index contributed by atoms with van der Waals surface area (Å²) in [7, 11) is 0. The smallest absolute Gasteiger partial charge is 0.239 e. The summed E-state index contributed by atoms with van der Waals surface area (Å²) in [4.78, 5) is 29.9. The second-order valence-corrected chi connectivity index (χ2v) is 9.29.